The summed E-state index contributed by atoms with van der Waals surface area (Å²) in [6.45, 7) is 1.33. The second-order valence-electron chi connectivity index (χ2n) is 7.56. The van der Waals surface area contributed by atoms with Crippen molar-refractivity contribution >= 4 is 11.8 Å². The van der Waals surface area contributed by atoms with Crippen LogP contribution in [0.15, 0.2) is 30.7 Å². The number of piperidine rings is 1. The van der Waals surface area contributed by atoms with Crippen LogP contribution in [-0.4, -0.2) is 61.6 Å². The van der Waals surface area contributed by atoms with Crippen LogP contribution in [-0.2, 0) is 18.9 Å². The van der Waals surface area contributed by atoms with Crippen LogP contribution in [0.2, 0.25) is 0 Å². The first-order valence-electron chi connectivity index (χ1n) is 9.08. The number of carbonyl (C=O) groups excluding carboxylic acids is 2. The average molecular weight is 355 g/mol. The molecule has 2 saturated heterocycles. The molecule has 0 aliphatic carbocycles. The summed E-state index contributed by atoms with van der Waals surface area (Å²) in [5, 5.41) is 4.30. The molecule has 2 aromatic heterocycles. The molecule has 26 heavy (non-hydrogen) atoms. The van der Waals surface area contributed by atoms with Crippen LogP contribution in [0.4, 0.5) is 0 Å². The summed E-state index contributed by atoms with van der Waals surface area (Å²) in [6.07, 6.45) is 7.89. The molecule has 2 aliphatic rings. The second kappa shape index (κ2) is 6.00. The van der Waals surface area contributed by atoms with E-state index in [0.29, 0.717) is 25.2 Å². The van der Waals surface area contributed by atoms with Crippen LogP contribution in [0, 0.1) is 0 Å². The lowest BCUT2D eigenvalue weighted by Gasteiger charge is -2.46. The third-order valence-corrected chi connectivity index (χ3v) is 6.28. The molecule has 7 heteroatoms. The SMILES string of the molecule is CN1C(=O)C[C@@H](c2cnn(C)c2)C12CCN(C(=O)c1cccn1C)CC2. The first-order chi connectivity index (χ1) is 12.4. The predicted molar refractivity (Wildman–Crippen MR) is 96.6 cm³/mol. The summed E-state index contributed by atoms with van der Waals surface area (Å²) >= 11 is 0. The van der Waals surface area contributed by atoms with Crippen molar-refractivity contribution in [1.82, 2.24) is 24.1 Å². The lowest BCUT2D eigenvalue weighted by Crippen LogP contribution is -2.55. The topological polar surface area (TPSA) is 63.4 Å². The van der Waals surface area contributed by atoms with Gasteiger partial charge in [0.1, 0.15) is 5.69 Å². The summed E-state index contributed by atoms with van der Waals surface area (Å²) in [5.74, 6) is 0.388. The fourth-order valence-electron chi connectivity index (χ4n) is 4.66. The Balaban J connectivity index is 1.56. The maximum atomic E-state index is 12.8. The number of likely N-dealkylation sites (N-methyl/N-ethyl adjacent to an activating group) is 1. The minimum Gasteiger partial charge on any atom is -0.347 e. The third kappa shape index (κ3) is 2.45. The summed E-state index contributed by atoms with van der Waals surface area (Å²) in [7, 11) is 5.70. The molecule has 0 radical (unpaired) electrons. The van der Waals surface area contributed by atoms with E-state index < -0.39 is 0 Å². The van der Waals surface area contributed by atoms with Crippen LogP contribution >= 0.6 is 0 Å². The van der Waals surface area contributed by atoms with Crippen LogP contribution in [0.1, 0.15) is 41.2 Å². The molecule has 0 unspecified atom stereocenters. The van der Waals surface area contributed by atoms with Crippen molar-refractivity contribution in [2.24, 2.45) is 14.1 Å². The highest BCUT2D eigenvalue weighted by Gasteiger charge is 2.53. The Morgan fingerprint density at radius 2 is 1.96 bits per heavy atom. The van der Waals surface area contributed by atoms with E-state index in [2.05, 4.69) is 5.10 Å². The molecular formula is C19H25N5O2. The monoisotopic (exact) mass is 355 g/mol. The maximum Gasteiger partial charge on any atom is 0.270 e. The smallest absolute Gasteiger partial charge is 0.270 e. The van der Waals surface area contributed by atoms with Crippen LogP contribution < -0.4 is 0 Å². The van der Waals surface area contributed by atoms with E-state index >= 15 is 0 Å². The Morgan fingerprint density at radius 1 is 1.23 bits per heavy atom. The fraction of sp³-hybridized carbons (Fsp3) is 0.526. The molecule has 0 bridgehead atoms. The van der Waals surface area contributed by atoms with Crippen molar-refractivity contribution in [2.45, 2.75) is 30.7 Å². The number of aryl methyl sites for hydroxylation is 2. The number of nitrogens with zero attached hydrogens (tertiary/aromatic N) is 5. The molecule has 0 aromatic carbocycles. The molecule has 4 rings (SSSR count). The predicted octanol–water partition coefficient (Wildman–Crippen LogP) is 1.38. The van der Waals surface area contributed by atoms with Gasteiger partial charge < -0.3 is 14.4 Å². The zero-order valence-corrected chi connectivity index (χ0v) is 15.6. The van der Waals surface area contributed by atoms with Gasteiger partial charge in [-0.2, -0.15) is 5.10 Å². The quantitative estimate of drug-likeness (QED) is 0.818. The minimum absolute atomic E-state index is 0.0669. The molecule has 2 aromatic rings. The third-order valence-electron chi connectivity index (χ3n) is 6.28. The van der Waals surface area contributed by atoms with Crippen molar-refractivity contribution in [3.8, 4) is 0 Å². The summed E-state index contributed by atoms with van der Waals surface area (Å²) in [6, 6.07) is 3.75. The number of likely N-dealkylation sites (tertiary alicyclic amines) is 2. The number of aromatic nitrogens is 3. The van der Waals surface area contributed by atoms with E-state index in [1.807, 2.05) is 66.2 Å². The maximum absolute atomic E-state index is 12.8. The molecular weight excluding hydrogens is 330 g/mol. The van der Waals surface area contributed by atoms with E-state index in [-0.39, 0.29) is 23.3 Å². The van der Waals surface area contributed by atoms with E-state index in [1.54, 1.807) is 4.68 Å². The van der Waals surface area contributed by atoms with Gasteiger partial charge >= 0.3 is 0 Å². The highest BCUT2D eigenvalue weighted by molar-refractivity contribution is 5.93. The molecule has 1 atom stereocenters. The van der Waals surface area contributed by atoms with Gasteiger partial charge in [-0.15, -0.1) is 0 Å². The molecule has 0 N–H and O–H groups in total. The first kappa shape index (κ1) is 16.9. The second-order valence-corrected chi connectivity index (χ2v) is 7.56. The lowest BCUT2D eigenvalue weighted by atomic mass is 9.74. The van der Waals surface area contributed by atoms with Gasteiger partial charge in [0.05, 0.1) is 11.7 Å². The lowest BCUT2D eigenvalue weighted by molar-refractivity contribution is -0.130. The summed E-state index contributed by atoms with van der Waals surface area (Å²) < 4.78 is 3.65. The van der Waals surface area contributed by atoms with Gasteiger partial charge in [-0.25, -0.2) is 0 Å². The van der Waals surface area contributed by atoms with Crippen molar-refractivity contribution in [3.63, 3.8) is 0 Å². The zero-order valence-electron chi connectivity index (χ0n) is 15.6. The van der Waals surface area contributed by atoms with Crippen LogP contribution in [0.3, 0.4) is 0 Å². The van der Waals surface area contributed by atoms with Gasteiger partial charge in [0.15, 0.2) is 0 Å². The van der Waals surface area contributed by atoms with Gasteiger partial charge in [-0.05, 0) is 30.5 Å². The number of hydrogen-bond donors (Lipinski definition) is 0. The molecule has 138 valence electrons. The largest absolute Gasteiger partial charge is 0.347 e. The molecule has 2 fully saturated rings. The summed E-state index contributed by atoms with van der Waals surface area (Å²) in [4.78, 5) is 29.1. The zero-order chi connectivity index (χ0) is 18.5. The average Bonchev–Trinajstić information content (AvgIpc) is 3.31. The Morgan fingerprint density at radius 3 is 2.54 bits per heavy atom. The van der Waals surface area contributed by atoms with Crippen molar-refractivity contribution in [1.29, 1.82) is 0 Å². The van der Waals surface area contributed by atoms with Gasteiger partial charge in [-0.1, -0.05) is 0 Å². The number of hydrogen-bond acceptors (Lipinski definition) is 3. The fourth-order valence-corrected chi connectivity index (χ4v) is 4.66. The van der Waals surface area contributed by atoms with Gasteiger partial charge in [0, 0.05) is 59.0 Å². The van der Waals surface area contributed by atoms with Gasteiger partial charge in [-0.3, -0.25) is 14.3 Å². The van der Waals surface area contributed by atoms with Crippen molar-refractivity contribution < 1.29 is 9.59 Å². The Hall–Kier alpha value is -2.57. The molecule has 4 heterocycles. The van der Waals surface area contributed by atoms with Crippen molar-refractivity contribution in [3.05, 3.63) is 42.0 Å². The van der Waals surface area contributed by atoms with E-state index in [9.17, 15) is 9.59 Å². The molecule has 2 aliphatic heterocycles. The number of amides is 2. The Kier molecular flexibility index (Phi) is 3.89. The van der Waals surface area contributed by atoms with Gasteiger partial charge in [0.2, 0.25) is 5.91 Å². The normalized spacial score (nSPS) is 22.4. The standard InChI is InChI=1S/C19H25N5O2/c1-21-8-4-5-16(21)18(26)24-9-6-19(7-10-24)15(11-17(25)23(19)3)14-12-20-22(2)13-14/h4-5,8,12-13,15H,6-7,9-11H2,1-3H3/t15-/m0/s1. The highest BCUT2D eigenvalue weighted by atomic mass is 16.2. The first-order valence-corrected chi connectivity index (χ1v) is 9.08. The molecule has 0 saturated carbocycles. The Labute approximate surface area is 153 Å². The molecule has 2 amide bonds. The molecule has 1 spiro atoms. The van der Waals surface area contributed by atoms with E-state index in [0.717, 1.165) is 18.4 Å². The number of rotatable bonds is 2. The summed E-state index contributed by atoms with van der Waals surface area (Å²) in [5.41, 5.74) is 1.61. The van der Waals surface area contributed by atoms with E-state index in [4.69, 9.17) is 0 Å². The van der Waals surface area contributed by atoms with Gasteiger partial charge in [0.25, 0.3) is 5.91 Å². The Bertz CT molecular complexity index is 844. The molecule has 7 nitrogen and oxygen atoms in total. The van der Waals surface area contributed by atoms with Crippen molar-refractivity contribution in [2.75, 3.05) is 20.1 Å². The minimum atomic E-state index is -0.217. The number of carbonyl (C=O) groups is 2. The highest BCUT2D eigenvalue weighted by Crippen LogP contribution is 2.48. The van der Waals surface area contributed by atoms with Crippen LogP contribution in [0.5, 0.6) is 0 Å². The van der Waals surface area contributed by atoms with E-state index in [1.165, 1.54) is 0 Å². The van der Waals surface area contributed by atoms with Crippen LogP contribution in [0.25, 0.3) is 0 Å².